The van der Waals surface area contributed by atoms with Crippen molar-refractivity contribution in [2.24, 2.45) is 0 Å². The summed E-state index contributed by atoms with van der Waals surface area (Å²) in [5.41, 5.74) is 0.601. The predicted octanol–water partition coefficient (Wildman–Crippen LogP) is 3.51. The Morgan fingerprint density at radius 3 is 2.78 bits per heavy atom. The Hall–Kier alpha value is -3.35. The van der Waals surface area contributed by atoms with E-state index in [0.29, 0.717) is 46.7 Å². The van der Waals surface area contributed by atoms with E-state index in [1.54, 1.807) is 12.1 Å². The summed E-state index contributed by atoms with van der Waals surface area (Å²) in [7, 11) is 4.00. The highest BCUT2D eigenvalue weighted by Crippen LogP contribution is 2.34. The van der Waals surface area contributed by atoms with Crippen LogP contribution in [0.3, 0.4) is 0 Å². The average Bonchev–Trinajstić information content (AvgIpc) is 3.30. The van der Waals surface area contributed by atoms with Gasteiger partial charge in [-0.1, -0.05) is 0 Å². The number of nitrogens with zero attached hydrogens (tertiary/aromatic N) is 3. The molecule has 0 saturated carbocycles. The van der Waals surface area contributed by atoms with Crippen molar-refractivity contribution in [1.29, 1.82) is 0 Å². The van der Waals surface area contributed by atoms with Gasteiger partial charge in [0.2, 0.25) is 0 Å². The number of halogens is 1. The maximum Gasteiger partial charge on any atom is 0.290 e. The maximum atomic E-state index is 14.0. The molecule has 1 saturated heterocycles. The number of carboxylic acid groups (broad SMARTS) is 1. The van der Waals surface area contributed by atoms with Gasteiger partial charge in [-0.05, 0) is 45.3 Å². The molecule has 3 heterocycles. The van der Waals surface area contributed by atoms with Gasteiger partial charge in [-0.15, -0.1) is 11.3 Å². The summed E-state index contributed by atoms with van der Waals surface area (Å²) < 4.78 is 25.4. The van der Waals surface area contributed by atoms with Gasteiger partial charge in [0.05, 0.1) is 29.2 Å². The normalized spacial score (nSPS) is 13.7. The Morgan fingerprint density at radius 1 is 1.31 bits per heavy atom. The maximum absolute atomic E-state index is 14.0. The molecule has 1 aliphatic heterocycles. The Balaban J connectivity index is 0.00000115. The quantitative estimate of drug-likeness (QED) is 0.288. The second kappa shape index (κ2) is 13.7. The number of amides is 1. The lowest BCUT2D eigenvalue weighted by molar-refractivity contribution is -0.122. The number of hydrogen-bond donors (Lipinski definition) is 3. The fourth-order valence-corrected chi connectivity index (χ4v) is 4.46. The zero-order chi connectivity index (χ0) is 25.9. The molecule has 2 aromatic heterocycles. The largest absolute Gasteiger partial charge is 0.488 e. The van der Waals surface area contributed by atoms with E-state index in [1.165, 1.54) is 29.8 Å². The zero-order valence-corrected chi connectivity index (χ0v) is 21.0. The number of hydrogen-bond acceptors (Lipinski definition) is 9. The van der Waals surface area contributed by atoms with E-state index in [4.69, 9.17) is 19.4 Å². The number of fused-ring (bicyclic) bond motifs is 1. The number of aromatic nitrogens is 2. The Bertz CT molecular complexity index is 1150. The third-order valence-electron chi connectivity index (χ3n) is 5.28. The standard InChI is InChI=1S/C23H28FN5O3S.CH2O2/c1-29(2)9-3-8-25-22(30)20-13-17-21(26-14-27-23(17)33-20)28-18-5-4-15(24)12-19(18)32-16-6-10-31-11-7-16;2-1-3/h4-5,12-14,16H,3,6-11H2,1-2H3,(H,25,30)(H,26,27,28);1H,(H,2,3). The van der Waals surface area contributed by atoms with Gasteiger partial charge in [0.15, 0.2) is 0 Å². The number of anilines is 2. The van der Waals surface area contributed by atoms with E-state index in [0.717, 1.165) is 31.2 Å². The van der Waals surface area contributed by atoms with E-state index in [1.807, 2.05) is 14.1 Å². The number of nitrogens with one attached hydrogen (secondary N) is 2. The molecule has 0 bridgehead atoms. The van der Waals surface area contributed by atoms with Crippen molar-refractivity contribution in [2.75, 3.05) is 45.7 Å². The number of carbonyl (C=O) groups excluding carboxylic acids is 1. The van der Waals surface area contributed by atoms with Gasteiger partial charge < -0.3 is 30.1 Å². The Kier molecular flexibility index (Phi) is 10.3. The molecule has 3 N–H and O–H groups in total. The number of benzene rings is 1. The van der Waals surface area contributed by atoms with Crippen molar-refractivity contribution in [3.8, 4) is 5.75 Å². The van der Waals surface area contributed by atoms with Gasteiger partial charge in [-0.3, -0.25) is 9.59 Å². The molecule has 194 valence electrons. The molecule has 0 atom stereocenters. The van der Waals surface area contributed by atoms with Crippen molar-refractivity contribution in [3.63, 3.8) is 0 Å². The first kappa shape index (κ1) is 27.2. The lowest BCUT2D eigenvalue weighted by Gasteiger charge is -2.24. The molecule has 0 radical (unpaired) electrons. The third kappa shape index (κ3) is 7.83. The topological polar surface area (TPSA) is 126 Å². The summed E-state index contributed by atoms with van der Waals surface area (Å²) in [5, 5.41) is 13.8. The second-order valence-electron chi connectivity index (χ2n) is 8.26. The van der Waals surface area contributed by atoms with Gasteiger partial charge in [-0.25, -0.2) is 14.4 Å². The van der Waals surface area contributed by atoms with Crippen LogP contribution < -0.4 is 15.4 Å². The molecular formula is C24H30FN5O5S. The molecule has 1 fully saturated rings. The summed E-state index contributed by atoms with van der Waals surface area (Å²) in [6.45, 7) is 2.51. The number of carbonyl (C=O) groups is 2. The minimum absolute atomic E-state index is 0.0320. The summed E-state index contributed by atoms with van der Waals surface area (Å²) in [5.74, 6) is 0.446. The predicted molar refractivity (Wildman–Crippen MR) is 136 cm³/mol. The van der Waals surface area contributed by atoms with Crippen LogP contribution in [-0.4, -0.2) is 78.9 Å². The van der Waals surface area contributed by atoms with E-state index in [9.17, 15) is 9.18 Å². The van der Waals surface area contributed by atoms with Crippen LogP contribution in [0.5, 0.6) is 5.75 Å². The molecule has 10 nitrogen and oxygen atoms in total. The molecular weight excluding hydrogens is 489 g/mol. The van der Waals surface area contributed by atoms with Crippen LogP contribution in [-0.2, 0) is 9.53 Å². The third-order valence-corrected chi connectivity index (χ3v) is 6.32. The van der Waals surface area contributed by atoms with Crippen molar-refractivity contribution < 1.29 is 28.6 Å². The summed E-state index contributed by atoms with van der Waals surface area (Å²) in [6.07, 6.45) is 3.80. The molecule has 0 aliphatic carbocycles. The monoisotopic (exact) mass is 519 g/mol. The van der Waals surface area contributed by atoms with Crippen LogP contribution in [0.1, 0.15) is 28.9 Å². The van der Waals surface area contributed by atoms with Gasteiger partial charge >= 0.3 is 0 Å². The molecule has 4 rings (SSSR count). The van der Waals surface area contributed by atoms with Crippen molar-refractivity contribution in [3.05, 3.63) is 41.3 Å². The molecule has 1 aliphatic rings. The molecule has 0 spiro atoms. The van der Waals surface area contributed by atoms with Gasteiger partial charge in [0.25, 0.3) is 12.4 Å². The lowest BCUT2D eigenvalue weighted by Crippen LogP contribution is -2.26. The van der Waals surface area contributed by atoms with E-state index in [2.05, 4.69) is 25.5 Å². The van der Waals surface area contributed by atoms with Crippen LogP contribution in [0.15, 0.2) is 30.6 Å². The highest BCUT2D eigenvalue weighted by Gasteiger charge is 2.19. The highest BCUT2D eigenvalue weighted by molar-refractivity contribution is 7.20. The fourth-order valence-electron chi connectivity index (χ4n) is 3.55. The zero-order valence-electron chi connectivity index (χ0n) is 20.2. The SMILES string of the molecule is CN(C)CCCNC(=O)c1cc2c(Nc3ccc(F)cc3OC3CCOCC3)ncnc2s1.O=CO. The smallest absolute Gasteiger partial charge is 0.290 e. The number of ether oxygens (including phenoxy) is 2. The van der Waals surface area contributed by atoms with E-state index >= 15 is 0 Å². The van der Waals surface area contributed by atoms with Crippen LogP contribution in [0, 0.1) is 5.82 Å². The van der Waals surface area contributed by atoms with Crippen molar-refractivity contribution >= 4 is 45.4 Å². The summed E-state index contributed by atoms with van der Waals surface area (Å²) in [6, 6.07) is 6.16. The highest BCUT2D eigenvalue weighted by atomic mass is 32.1. The first-order chi connectivity index (χ1) is 17.4. The van der Waals surface area contributed by atoms with Crippen molar-refractivity contribution in [1.82, 2.24) is 20.2 Å². The second-order valence-corrected chi connectivity index (χ2v) is 9.30. The van der Waals surface area contributed by atoms with Crippen LogP contribution in [0.25, 0.3) is 10.2 Å². The van der Waals surface area contributed by atoms with Crippen LogP contribution in [0.2, 0.25) is 0 Å². The van der Waals surface area contributed by atoms with E-state index in [-0.39, 0.29) is 24.3 Å². The first-order valence-corrected chi connectivity index (χ1v) is 12.3. The van der Waals surface area contributed by atoms with Crippen LogP contribution in [0.4, 0.5) is 15.9 Å². The summed E-state index contributed by atoms with van der Waals surface area (Å²) in [4.78, 5) is 33.0. The number of rotatable bonds is 9. The van der Waals surface area contributed by atoms with Gasteiger partial charge in [-0.2, -0.15) is 0 Å². The molecule has 36 heavy (non-hydrogen) atoms. The fraction of sp³-hybridized carbons (Fsp3) is 0.417. The Labute approximate surface area is 212 Å². The first-order valence-electron chi connectivity index (χ1n) is 11.5. The minimum Gasteiger partial charge on any atom is -0.488 e. The number of thiophene rings is 1. The van der Waals surface area contributed by atoms with Crippen LogP contribution >= 0.6 is 11.3 Å². The summed E-state index contributed by atoms with van der Waals surface area (Å²) >= 11 is 1.31. The van der Waals surface area contributed by atoms with Gasteiger partial charge in [0.1, 0.15) is 34.6 Å². The van der Waals surface area contributed by atoms with E-state index < -0.39 is 0 Å². The molecule has 3 aromatic rings. The van der Waals surface area contributed by atoms with Gasteiger partial charge in [0, 0.05) is 25.5 Å². The molecule has 1 amide bonds. The molecule has 0 unspecified atom stereocenters. The lowest BCUT2D eigenvalue weighted by atomic mass is 10.1. The molecule has 12 heteroatoms. The Morgan fingerprint density at radius 2 is 2.06 bits per heavy atom. The average molecular weight is 520 g/mol. The van der Waals surface area contributed by atoms with Crippen molar-refractivity contribution in [2.45, 2.75) is 25.4 Å². The molecule has 1 aromatic carbocycles. The minimum atomic E-state index is -0.376.